The minimum absolute atomic E-state index is 0.799. The molecule has 0 aliphatic rings. The molecule has 0 fully saturated rings. The molecular weight excluding hydrogens is 147 g/mol. The molecule has 0 amide bonds. The number of aryl methyl sites for hydroxylation is 1. The zero-order chi connectivity index (χ0) is 8.81. The van der Waals surface area contributed by atoms with Gasteiger partial charge in [-0.1, -0.05) is 42.2 Å². The Labute approximate surface area is 75.0 Å². The summed E-state index contributed by atoms with van der Waals surface area (Å²) in [4.78, 5) is 0. The molecule has 0 aliphatic heterocycles. The summed E-state index contributed by atoms with van der Waals surface area (Å²) in [5, 5.41) is 0. The van der Waals surface area contributed by atoms with E-state index in [0.29, 0.717) is 0 Å². The lowest BCUT2D eigenvalue weighted by atomic mass is 9.87. The lowest BCUT2D eigenvalue weighted by Gasteiger charge is -2.00. The van der Waals surface area contributed by atoms with E-state index in [2.05, 4.69) is 38.1 Å². The average molecular weight is 161 g/mol. The standard InChI is InChI=1S/C10H14BO/c1-3-8-12-11-10-6-4-9(2)5-7-10/h4-7H,3,8H2,1-2H3. The highest BCUT2D eigenvalue weighted by atomic mass is 16.4. The summed E-state index contributed by atoms with van der Waals surface area (Å²) >= 11 is 0. The van der Waals surface area contributed by atoms with Crippen molar-refractivity contribution < 1.29 is 4.65 Å². The van der Waals surface area contributed by atoms with E-state index < -0.39 is 0 Å². The molecule has 63 valence electrons. The maximum absolute atomic E-state index is 5.28. The van der Waals surface area contributed by atoms with Crippen LogP contribution >= 0.6 is 0 Å². The summed E-state index contributed by atoms with van der Waals surface area (Å²) < 4.78 is 5.28. The lowest BCUT2D eigenvalue weighted by molar-refractivity contribution is 0.341. The van der Waals surface area contributed by atoms with E-state index in [0.717, 1.165) is 18.5 Å². The molecule has 1 rings (SSSR count). The smallest absolute Gasteiger partial charge is 0.329 e. The second-order valence-electron chi connectivity index (χ2n) is 2.90. The van der Waals surface area contributed by atoms with Crippen molar-refractivity contribution in [2.24, 2.45) is 0 Å². The van der Waals surface area contributed by atoms with Crippen LogP contribution in [0.3, 0.4) is 0 Å². The van der Waals surface area contributed by atoms with Crippen LogP contribution in [-0.2, 0) is 4.65 Å². The minimum atomic E-state index is 0.799. The Balaban J connectivity index is 2.37. The Morgan fingerprint density at radius 3 is 2.50 bits per heavy atom. The van der Waals surface area contributed by atoms with Gasteiger partial charge in [-0.2, -0.15) is 0 Å². The van der Waals surface area contributed by atoms with Crippen molar-refractivity contribution >= 4 is 12.9 Å². The number of hydrogen-bond acceptors (Lipinski definition) is 1. The molecule has 1 aromatic carbocycles. The molecule has 0 saturated carbocycles. The molecule has 0 saturated heterocycles. The Bertz CT molecular complexity index is 218. The molecule has 0 atom stereocenters. The van der Waals surface area contributed by atoms with Crippen LogP contribution in [0.25, 0.3) is 0 Å². The van der Waals surface area contributed by atoms with E-state index in [4.69, 9.17) is 4.65 Å². The van der Waals surface area contributed by atoms with Crippen LogP contribution in [-0.4, -0.2) is 14.1 Å². The van der Waals surface area contributed by atoms with Crippen molar-refractivity contribution in [3.05, 3.63) is 29.8 Å². The van der Waals surface area contributed by atoms with Crippen molar-refractivity contribution in [2.75, 3.05) is 6.61 Å². The predicted molar refractivity (Wildman–Crippen MR) is 52.8 cm³/mol. The number of rotatable bonds is 4. The van der Waals surface area contributed by atoms with Gasteiger partial charge in [0.15, 0.2) is 0 Å². The average Bonchev–Trinajstić information content (AvgIpc) is 2.09. The summed E-state index contributed by atoms with van der Waals surface area (Å²) in [7, 11) is 1.81. The van der Waals surface area contributed by atoms with Gasteiger partial charge in [0, 0.05) is 6.61 Å². The van der Waals surface area contributed by atoms with Gasteiger partial charge in [-0.05, 0) is 13.3 Å². The molecule has 1 radical (unpaired) electrons. The molecular formula is C10H14BO. The fourth-order valence-electron chi connectivity index (χ4n) is 0.918. The predicted octanol–water partition coefficient (Wildman–Crippen LogP) is 1.67. The van der Waals surface area contributed by atoms with Crippen molar-refractivity contribution in [3.63, 3.8) is 0 Å². The topological polar surface area (TPSA) is 9.23 Å². The molecule has 0 spiro atoms. The monoisotopic (exact) mass is 161 g/mol. The second kappa shape index (κ2) is 4.99. The van der Waals surface area contributed by atoms with Crippen LogP contribution in [0.15, 0.2) is 24.3 Å². The van der Waals surface area contributed by atoms with Crippen molar-refractivity contribution in [2.45, 2.75) is 20.3 Å². The first-order valence-electron chi connectivity index (χ1n) is 4.34. The first-order chi connectivity index (χ1) is 5.83. The van der Waals surface area contributed by atoms with E-state index in [1.807, 2.05) is 7.48 Å². The van der Waals surface area contributed by atoms with Crippen LogP contribution in [0.2, 0.25) is 0 Å². The molecule has 0 heterocycles. The van der Waals surface area contributed by atoms with Gasteiger partial charge >= 0.3 is 7.48 Å². The van der Waals surface area contributed by atoms with Crippen molar-refractivity contribution in [1.82, 2.24) is 0 Å². The van der Waals surface area contributed by atoms with E-state index >= 15 is 0 Å². The van der Waals surface area contributed by atoms with Gasteiger partial charge in [0.05, 0.1) is 0 Å². The quantitative estimate of drug-likeness (QED) is 0.482. The van der Waals surface area contributed by atoms with E-state index in [1.165, 1.54) is 5.56 Å². The van der Waals surface area contributed by atoms with Crippen LogP contribution < -0.4 is 5.46 Å². The summed E-state index contributed by atoms with van der Waals surface area (Å²) in [5.74, 6) is 0. The van der Waals surface area contributed by atoms with E-state index in [9.17, 15) is 0 Å². The zero-order valence-corrected chi connectivity index (χ0v) is 7.71. The Morgan fingerprint density at radius 1 is 1.25 bits per heavy atom. The highest BCUT2D eigenvalue weighted by Gasteiger charge is 1.94. The lowest BCUT2D eigenvalue weighted by Crippen LogP contribution is -2.17. The van der Waals surface area contributed by atoms with Crippen LogP contribution in [0.5, 0.6) is 0 Å². The highest BCUT2D eigenvalue weighted by Crippen LogP contribution is 1.92. The van der Waals surface area contributed by atoms with E-state index in [1.54, 1.807) is 0 Å². The van der Waals surface area contributed by atoms with Crippen molar-refractivity contribution in [3.8, 4) is 0 Å². The first-order valence-corrected chi connectivity index (χ1v) is 4.34. The van der Waals surface area contributed by atoms with Crippen molar-refractivity contribution in [1.29, 1.82) is 0 Å². The van der Waals surface area contributed by atoms with Gasteiger partial charge in [0.1, 0.15) is 0 Å². The summed E-state index contributed by atoms with van der Waals surface area (Å²) in [5.41, 5.74) is 2.41. The first kappa shape index (κ1) is 9.33. The Kier molecular flexibility index (Phi) is 3.88. The largest absolute Gasteiger partial charge is 0.434 e. The second-order valence-corrected chi connectivity index (χ2v) is 2.90. The van der Waals surface area contributed by atoms with Gasteiger partial charge in [-0.3, -0.25) is 0 Å². The van der Waals surface area contributed by atoms with Gasteiger partial charge in [-0.25, -0.2) is 0 Å². The molecule has 12 heavy (non-hydrogen) atoms. The number of hydrogen-bond donors (Lipinski definition) is 0. The van der Waals surface area contributed by atoms with Crippen LogP contribution in [0.1, 0.15) is 18.9 Å². The molecule has 0 aromatic heterocycles. The fourth-order valence-corrected chi connectivity index (χ4v) is 0.918. The Hall–Kier alpha value is -0.755. The zero-order valence-electron chi connectivity index (χ0n) is 7.71. The van der Waals surface area contributed by atoms with E-state index in [-0.39, 0.29) is 0 Å². The minimum Gasteiger partial charge on any atom is -0.434 e. The molecule has 1 nitrogen and oxygen atoms in total. The third-order valence-corrected chi connectivity index (χ3v) is 1.62. The molecule has 0 N–H and O–H groups in total. The maximum atomic E-state index is 5.28. The number of benzene rings is 1. The molecule has 0 bridgehead atoms. The summed E-state index contributed by atoms with van der Waals surface area (Å²) in [6.45, 7) is 4.98. The molecule has 0 aliphatic carbocycles. The Morgan fingerprint density at radius 2 is 1.92 bits per heavy atom. The summed E-state index contributed by atoms with van der Waals surface area (Å²) in [6.07, 6.45) is 1.06. The molecule has 0 unspecified atom stereocenters. The highest BCUT2D eigenvalue weighted by molar-refractivity contribution is 6.46. The van der Waals surface area contributed by atoms with Gasteiger partial charge < -0.3 is 4.65 Å². The SMILES string of the molecule is CCCO[B]c1ccc(C)cc1. The normalized spacial score (nSPS) is 9.83. The summed E-state index contributed by atoms with van der Waals surface area (Å²) in [6, 6.07) is 8.29. The van der Waals surface area contributed by atoms with Gasteiger partial charge in [0.2, 0.25) is 0 Å². The third kappa shape index (κ3) is 3.10. The van der Waals surface area contributed by atoms with Gasteiger partial charge in [0.25, 0.3) is 0 Å². The van der Waals surface area contributed by atoms with Crippen LogP contribution in [0, 0.1) is 6.92 Å². The maximum Gasteiger partial charge on any atom is 0.329 e. The van der Waals surface area contributed by atoms with Gasteiger partial charge in [-0.15, -0.1) is 0 Å². The molecule has 1 aromatic rings. The molecule has 2 heteroatoms. The van der Waals surface area contributed by atoms with Crippen LogP contribution in [0.4, 0.5) is 0 Å². The third-order valence-electron chi connectivity index (χ3n) is 1.62. The fraction of sp³-hybridized carbons (Fsp3) is 0.400.